The molecule has 4 rings (SSSR count). The standard InChI is InChI=1S/C22H23ClN2O4S/c1-2-17-19(26)20(27)21(28)22(29-17)12-3-4-16(23)14(7-12)8-18-24-9-15(10-25-18)13-5-6-30-11-13/h3-7,9-11,17,19-22,26-28H,2,8H2,1H3/t17-,19-,20+,21-,22+/m1/s1. The summed E-state index contributed by atoms with van der Waals surface area (Å²) in [6.07, 6.45) is -0.429. The average molecular weight is 447 g/mol. The first kappa shape index (κ1) is 21.4. The van der Waals surface area contributed by atoms with Crippen molar-refractivity contribution in [3.8, 4) is 11.1 Å². The number of rotatable bonds is 5. The van der Waals surface area contributed by atoms with Crippen LogP contribution in [-0.2, 0) is 11.2 Å². The number of aliphatic hydroxyl groups is 3. The highest BCUT2D eigenvalue weighted by molar-refractivity contribution is 7.08. The van der Waals surface area contributed by atoms with Crippen molar-refractivity contribution in [2.45, 2.75) is 50.3 Å². The SMILES string of the molecule is CC[C@H]1O[C@@H](c2ccc(Cl)c(Cc3ncc(-c4ccsc4)cn3)c2)[C@H](O)[C@@H](O)[C@@H]1O. The van der Waals surface area contributed by atoms with E-state index >= 15 is 0 Å². The molecule has 6 nitrogen and oxygen atoms in total. The van der Waals surface area contributed by atoms with Crippen LogP contribution in [-0.4, -0.2) is 49.7 Å². The Morgan fingerprint density at radius 2 is 1.80 bits per heavy atom. The summed E-state index contributed by atoms with van der Waals surface area (Å²) in [7, 11) is 0. The highest BCUT2D eigenvalue weighted by Crippen LogP contribution is 2.35. The normalized spacial score (nSPS) is 26.6. The van der Waals surface area contributed by atoms with Crippen molar-refractivity contribution in [2.24, 2.45) is 0 Å². The third-order valence-corrected chi connectivity index (χ3v) is 6.47. The van der Waals surface area contributed by atoms with Gasteiger partial charge in [0.15, 0.2) is 0 Å². The fraction of sp³-hybridized carbons (Fsp3) is 0.364. The van der Waals surface area contributed by atoms with Crippen molar-refractivity contribution < 1.29 is 20.1 Å². The van der Waals surface area contributed by atoms with Crippen molar-refractivity contribution in [3.63, 3.8) is 0 Å². The van der Waals surface area contributed by atoms with Gasteiger partial charge in [-0.3, -0.25) is 0 Å². The van der Waals surface area contributed by atoms with Crippen LogP contribution in [0.25, 0.3) is 11.1 Å². The summed E-state index contributed by atoms with van der Waals surface area (Å²) in [5.41, 5.74) is 3.51. The Morgan fingerprint density at radius 3 is 2.47 bits per heavy atom. The molecule has 1 fully saturated rings. The number of nitrogens with zero attached hydrogens (tertiary/aromatic N) is 2. The van der Waals surface area contributed by atoms with Crippen LogP contribution in [0.4, 0.5) is 0 Å². The lowest BCUT2D eigenvalue weighted by atomic mass is 9.89. The van der Waals surface area contributed by atoms with Gasteiger partial charge >= 0.3 is 0 Å². The largest absolute Gasteiger partial charge is 0.388 e. The minimum atomic E-state index is -1.28. The van der Waals surface area contributed by atoms with Crippen LogP contribution in [0.2, 0.25) is 5.02 Å². The summed E-state index contributed by atoms with van der Waals surface area (Å²) >= 11 is 8.02. The van der Waals surface area contributed by atoms with Crippen molar-refractivity contribution in [2.75, 3.05) is 0 Å². The number of aliphatic hydroxyl groups excluding tert-OH is 3. The lowest BCUT2D eigenvalue weighted by Gasteiger charge is -2.40. The van der Waals surface area contributed by atoms with E-state index in [-0.39, 0.29) is 0 Å². The summed E-state index contributed by atoms with van der Waals surface area (Å²) < 4.78 is 5.89. The van der Waals surface area contributed by atoms with Crippen molar-refractivity contribution >= 4 is 22.9 Å². The minimum Gasteiger partial charge on any atom is -0.388 e. The van der Waals surface area contributed by atoms with E-state index < -0.39 is 30.5 Å². The predicted molar refractivity (Wildman–Crippen MR) is 116 cm³/mol. The lowest BCUT2D eigenvalue weighted by Crippen LogP contribution is -2.53. The number of hydrogen-bond donors (Lipinski definition) is 3. The van der Waals surface area contributed by atoms with Gasteiger partial charge in [0.05, 0.1) is 6.10 Å². The molecule has 2 aromatic heterocycles. The maximum absolute atomic E-state index is 10.5. The van der Waals surface area contributed by atoms with Crippen molar-refractivity contribution in [1.82, 2.24) is 9.97 Å². The third kappa shape index (κ3) is 4.27. The molecule has 158 valence electrons. The number of benzene rings is 1. The van der Waals surface area contributed by atoms with Crippen molar-refractivity contribution in [1.29, 1.82) is 0 Å². The monoisotopic (exact) mass is 446 g/mol. The highest BCUT2D eigenvalue weighted by Gasteiger charge is 2.43. The van der Waals surface area contributed by atoms with E-state index in [1.165, 1.54) is 0 Å². The molecule has 0 spiro atoms. The van der Waals surface area contributed by atoms with Crippen LogP contribution in [0.15, 0.2) is 47.4 Å². The molecular formula is C22H23ClN2O4S. The van der Waals surface area contributed by atoms with E-state index in [0.29, 0.717) is 29.3 Å². The summed E-state index contributed by atoms with van der Waals surface area (Å²) in [6.45, 7) is 1.86. The van der Waals surface area contributed by atoms with E-state index in [1.54, 1.807) is 35.9 Å². The molecule has 3 heterocycles. The maximum Gasteiger partial charge on any atom is 0.132 e. The van der Waals surface area contributed by atoms with Gasteiger partial charge in [-0.05, 0) is 46.0 Å². The Hall–Kier alpha value is -1.87. The molecule has 1 saturated heterocycles. The molecular weight excluding hydrogens is 424 g/mol. The fourth-order valence-electron chi connectivity index (χ4n) is 3.67. The van der Waals surface area contributed by atoms with Crippen LogP contribution in [0.3, 0.4) is 0 Å². The Kier molecular flexibility index (Phi) is 6.48. The Bertz CT molecular complexity index is 981. The van der Waals surface area contributed by atoms with Gasteiger partial charge in [0.2, 0.25) is 0 Å². The first-order chi connectivity index (χ1) is 14.5. The third-order valence-electron chi connectivity index (χ3n) is 5.42. The topological polar surface area (TPSA) is 95.7 Å². The smallest absolute Gasteiger partial charge is 0.132 e. The molecule has 1 aliphatic heterocycles. The Balaban J connectivity index is 1.56. The number of thiophene rings is 1. The van der Waals surface area contributed by atoms with Crippen molar-refractivity contribution in [3.05, 3.63) is 69.4 Å². The molecule has 1 aromatic carbocycles. The molecule has 3 aromatic rings. The molecule has 0 amide bonds. The second-order valence-corrected chi connectivity index (χ2v) is 8.59. The summed E-state index contributed by atoms with van der Waals surface area (Å²) in [4.78, 5) is 8.91. The van der Waals surface area contributed by atoms with E-state index in [1.807, 2.05) is 29.8 Å². The molecule has 0 aliphatic carbocycles. The van der Waals surface area contributed by atoms with Gasteiger partial charge in [-0.2, -0.15) is 11.3 Å². The number of ether oxygens (including phenoxy) is 1. The first-order valence-electron chi connectivity index (χ1n) is 9.79. The highest BCUT2D eigenvalue weighted by atomic mass is 35.5. The molecule has 30 heavy (non-hydrogen) atoms. The van der Waals surface area contributed by atoms with Gasteiger partial charge in [0.1, 0.15) is 30.2 Å². The molecule has 1 aliphatic rings. The van der Waals surface area contributed by atoms with Gasteiger partial charge in [-0.1, -0.05) is 30.7 Å². The molecule has 8 heteroatoms. The zero-order valence-electron chi connectivity index (χ0n) is 16.4. The van der Waals surface area contributed by atoms with E-state index in [0.717, 1.165) is 16.7 Å². The zero-order valence-corrected chi connectivity index (χ0v) is 17.9. The Morgan fingerprint density at radius 1 is 1.03 bits per heavy atom. The summed E-state index contributed by atoms with van der Waals surface area (Å²) in [5, 5.41) is 35.4. The average Bonchev–Trinajstić information content (AvgIpc) is 3.30. The molecule has 0 unspecified atom stereocenters. The quantitative estimate of drug-likeness (QED) is 0.556. The Labute approximate surface area is 183 Å². The second-order valence-electron chi connectivity index (χ2n) is 7.40. The predicted octanol–water partition coefficient (Wildman–Crippen LogP) is 3.38. The molecule has 3 N–H and O–H groups in total. The maximum atomic E-state index is 10.5. The van der Waals surface area contributed by atoms with Gasteiger partial charge in [0, 0.05) is 29.4 Å². The van der Waals surface area contributed by atoms with Gasteiger partial charge in [-0.15, -0.1) is 0 Å². The summed E-state index contributed by atoms with van der Waals surface area (Å²) in [6, 6.07) is 7.36. The van der Waals surface area contributed by atoms with Gasteiger partial charge in [-0.25, -0.2) is 9.97 Å². The van der Waals surface area contributed by atoms with Gasteiger partial charge < -0.3 is 20.1 Å². The molecule has 0 saturated carbocycles. The second kappa shape index (κ2) is 9.09. The van der Waals surface area contributed by atoms with Crippen LogP contribution >= 0.6 is 22.9 Å². The van der Waals surface area contributed by atoms with E-state index in [4.69, 9.17) is 16.3 Å². The van der Waals surface area contributed by atoms with Crippen LogP contribution in [0, 0.1) is 0 Å². The minimum absolute atomic E-state index is 0.418. The van der Waals surface area contributed by atoms with E-state index in [2.05, 4.69) is 9.97 Å². The van der Waals surface area contributed by atoms with Crippen LogP contribution in [0.1, 0.15) is 36.4 Å². The molecule has 0 bridgehead atoms. The number of hydrogen-bond acceptors (Lipinski definition) is 7. The molecule has 0 radical (unpaired) electrons. The fourth-order valence-corrected chi connectivity index (χ4v) is 4.51. The van der Waals surface area contributed by atoms with Gasteiger partial charge in [0.25, 0.3) is 0 Å². The first-order valence-corrected chi connectivity index (χ1v) is 11.1. The summed E-state index contributed by atoms with van der Waals surface area (Å²) in [5.74, 6) is 0.625. The zero-order chi connectivity index (χ0) is 21.3. The number of aromatic nitrogens is 2. The molecule has 5 atom stereocenters. The lowest BCUT2D eigenvalue weighted by molar-refractivity contribution is -0.225. The number of halogens is 1. The van der Waals surface area contributed by atoms with Crippen LogP contribution in [0.5, 0.6) is 0 Å². The van der Waals surface area contributed by atoms with Crippen LogP contribution < -0.4 is 0 Å². The van der Waals surface area contributed by atoms with E-state index in [9.17, 15) is 15.3 Å².